The van der Waals surface area contributed by atoms with Crippen molar-refractivity contribution in [1.29, 1.82) is 0 Å². The summed E-state index contributed by atoms with van der Waals surface area (Å²) in [6.45, 7) is 1.22. The van der Waals surface area contributed by atoms with E-state index < -0.39 is 44.8 Å². The molecule has 0 rings (SSSR count). The van der Waals surface area contributed by atoms with Gasteiger partial charge in [0.25, 0.3) is 0 Å². The van der Waals surface area contributed by atoms with Crippen molar-refractivity contribution < 1.29 is 29.4 Å². The van der Waals surface area contributed by atoms with Gasteiger partial charge in [0.2, 0.25) is 11.8 Å². The Kier molecular flexibility index (Phi) is 12.2. The van der Waals surface area contributed by atoms with Crippen LogP contribution in [0.2, 0.25) is 0 Å². The molecule has 0 bridgehead atoms. The highest BCUT2D eigenvalue weighted by Gasteiger charge is 2.28. The Labute approximate surface area is 166 Å². The highest BCUT2D eigenvalue weighted by molar-refractivity contribution is 7.86. The van der Waals surface area contributed by atoms with Crippen LogP contribution in [0.25, 0.3) is 0 Å². The number of carboxylic acids is 2. The van der Waals surface area contributed by atoms with Gasteiger partial charge in [0.1, 0.15) is 21.0 Å². The van der Waals surface area contributed by atoms with Gasteiger partial charge in [-0.1, -0.05) is 0 Å². The first-order valence-corrected chi connectivity index (χ1v) is 9.10. The normalized spacial score (nSPS) is 15.5. The van der Waals surface area contributed by atoms with Gasteiger partial charge in [0, 0.05) is 26.2 Å². The minimum Gasteiger partial charge on any atom is -0.480 e. The molecule has 0 heterocycles. The summed E-state index contributed by atoms with van der Waals surface area (Å²) < 4.78 is 0. The summed E-state index contributed by atoms with van der Waals surface area (Å²) in [4.78, 5) is 44.6. The number of carbonyl (C=O) groups excluding carboxylic acids is 2. The fraction of sp³-hybridized carbons (Fsp3) is 0.667. The van der Waals surface area contributed by atoms with Gasteiger partial charge in [-0.2, -0.15) is 50.5 Å². The molecule has 0 saturated heterocycles. The predicted octanol–water partition coefficient (Wildman–Crippen LogP) is -1.83. The molecule has 144 valence electrons. The lowest BCUT2D eigenvalue weighted by Gasteiger charge is -2.15. The van der Waals surface area contributed by atoms with Crippen molar-refractivity contribution in [3.63, 3.8) is 0 Å². The van der Waals surface area contributed by atoms with Crippen molar-refractivity contribution in [1.82, 2.24) is 16.0 Å². The summed E-state index contributed by atoms with van der Waals surface area (Å²) in [5, 5.41) is 20.8. The van der Waals surface area contributed by atoms with Crippen molar-refractivity contribution in [2.45, 2.75) is 21.0 Å². The number of rotatable bonds is 12. The van der Waals surface area contributed by atoms with E-state index in [1.807, 2.05) is 0 Å². The zero-order valence-corrected chi connectivity index (χ0v) is 16.5. The molecular formula is C12H21N3O6S4. The third-order valence-corrected chi connectivity index (χ3v) is 5.42. The summed E-state index contributed by atoms with van der Waals surface area (Å²) in [6.07, 6.45) is 0. The van der Waals surface area contributed by atoms with Crippen LogP contribution < -0.4 is 16.0 Å². The Morgan fingerprint density at radius 1 is 0.640 bits per heavy atom. The zero-order chi connectivity index (χ0) is 19.6. The molecular weight excluding hydrogens is 410 g/mol. The summed E-state index contributed by atoms with van der Waals surface area (Å²) in [5.41, 5.74) is 0. The third-order valence-electron chi connectivity index (χ3n) is 2.84. The van der Waals surface area contributed by atoms with Gasteiger partial charge in [0.05, 0.1) is 0 Å². The number of aliphatic carboxylic acids is 2. The molecule has 4 atom stereocenters. The van der Waals surface area contributed by atoms with Gasteiger partial charge in [-0.05, 0) is 0 Å². The van der Waals surface area contributed by atoms with Gasteiger partial charge in [-0.25, -0.2) is 0 Å². The first kappa shape index (κ1) is 24.2. The SMILES string of the molecule is O=C(O)C(S)C(S)C(=O)NCCNCCNC(=O)C(S)C(S)C(=O)O. The average molecular weight is 432 g/mol. The molecule has 0 aliphatic carbocycles. The summed E-state index contributed by atoms with van der Waals surface area (Å²) >= 11 is 15.3. The van der Waals surface area contributed by atoms with Crippen LogP contribution in [0.5, 0.6) is 0 Å². The largest absolute Gasteiger partial charge is 0.480 e. The van der Waals surface area contributed by atoms with E-state index in [1.165, 1.54) is 0 Å². The first-order chi connectivity index (χ1) is 11.6. The van der Waals surface area contributed by atoms with Crippen LogP contribution in [-0.4, -0.2) is 81.1 Å². The highest BCUT2D eigenvalue weighted by Crippen LogP contribution is 2.10. The molecule has 5 N–H and O–H groups in total. The van der Waals surface area contributed by atoms with E-state index in [4.69, 9.17) is 10.2 Å². The maximum absolute atomic E-state index is 11.6. The highest BCUT2D eigenvalue weighted by atomic mass is 32.1. The second kappa shape index (κ2) is 12.6. The summed E-state index contributed by atoms with van der Waals surface area (Å²) in [6, 6.07) is 0. The van der Waals surface area contributed by atoms with Gasteiger partial charge < -0.3 is 26.2 Å². The predicted molar refractivity (Wildman–Crippen MR) is 105 cm³/mol. The Morgan fingerprint density at radius 2 is 0.960 bits per heavy atom. The van der Waals surface area contributed by atoms with E-state index in [1.54, 1.807) is 0 Å². The maximum atomic E-state index is 11.6. The smallest absolute Gasteiger partial charge is 0.318 e. The fourth-order valence-corrected chi connectivity index (χ4v) is 2.15. The lowest BCUT2D eigenvalue weighted by Crippen LogP contribution is -2.44. The first-order valence-electron chi connectivity index (χ1n) is 7.03. The number of hydrogen-bond donors (Lipinski definition) is 9. The zero-order valence-electron chi connectivity index (χ0n) is 13.0. The van der Waals surface area contributed by atoms with Crippen LogP contribution in [-0.2, 0) is 19.2 Å². The molecule has 2 amide bonds. The van der Waals surface area contributed by atoms with Crippen LogP contribution >= 0.6 is 50.5 Å². The fourth-order valence-electron chi connectivity index (χ4n) is 1.44. The van der Waals surface area contributed by atoms with Crippen molar-refractivity contribution >= 4 is 74.3 Å². The molecule has 25 heavy (non-hydrogen) atoms. The van der Waals surface area contributed by atoms with E-state index in [9.17, 15) is 19.2 Å². The monoisotopic (exact) mass is 431 g/mol. The second-order valence-corrected chi connectivity index (χ2v) is 7.01. The van der Waals surface area contributed by atoms with E-state index in [0.29, 0.717) is 13.1 Å². The van der Waals surface area contributed by atoms with Crippen LogP contribution in [0.3, 0.4) is 0 Å². The minimum absolute atomic E-state index is 0.233. The minimum atomic E-state index is -1.24. The molecule has 0 aliphatic rings. The number of amides is 2. The molecule has 0 aliphatic heterocycles. The molecule has 9 nitrogen and oxygen atoms in total. The van der Waals surface area contributed by atoms with Gasteiger partial charge in [0.15, 0.2) is 0 Å². The van der Waals surface area contributed by atoms with Crippen molar-refractivity contribution in [2.75, 3.05) is 26.2 Å². The van der Waals surface area contributed by atoms with E-state index in [0.717, 1.165) is 0 Å². The quantitative estimate of drug-likeness (QED) is 0.131. The molecule has 0 saturated carbocycles. The molecule has 0 aromatic rings. The third kappa shape index (κ3) is 9.49. The van der Waals surface area contributed by atoms with Crippen molar-refractivity contribution in [3.8, 4) is 0 Å². The van der Waals surface area contributed by atoms with Gasteiger partial charge >= 0.3 is 11.9 Å². The second-order valence-electron chi connectivity index (χ2n) is 4.79. The van der Waals surface area contributed by atoms with Crippen molar-refractivity contribution in [2.24, 2.45) is 0 Å². The van der Waals surface area contributed by atoms with Crippen molar-refractivity contribution in [3.05, 3.63) is 0 Å². The lowest BCUT2D eigenvalue weighted by atomic mass is 10.2. The lowest BCUT2D eigenvalue weighted by molar-refractivity contribution is -0.138. The average Bonchev–Trinajstić information content (AvgIpc) is 2.57. The molecule has 0 aromatic heterocycles. The number of carboxylic acid groups (broad SMARTS) is 2. The Hall–Kier alpha value is -0.760. The van der Waals surface area contributed by atoms with Crippen LogP contribution in [0.15, 0.2) is 0 Å². The Balaban J connectivity index is 3.84. The summed E-state index contributed by atoms with van der Waals surface area (Å²) in [5.74, 6) is -3.57. The number of hydrogen-bond acceptors (Lipinski definition) is 9. The van der Waals surface area contributed by atoms with E-state index in [2.05, 4.69) is 66.5 Å². The molecule has 0 aromatic carbocycles. The molecule has 13 heteroatoms. The number of carbonyl (C=O) groups is 4. The van der Waals surface area contributed by atoms with E-state index >= 15 is 0 Å². The molecule has 4 unspecified atom stereocenters. The van der Waals surface area contributed by atoms with Gasteiger partial charge in [-0.15, -0.1) is 0 Å². The number of thiol groups is 4. The molecule has 0 radical (unpaired) electrons. The maximum Gasteiger partial charge on any atom is 0.318 e. The van der Waals surface area contributed by atoms with E-state index in [-0.39, 0.29) is 13.1 Å². The topological polar surface area (TPSA) is 145 Å². The van der Waals surface area contributed by atoms with Crippen LogP contribution in [0.4, 0.5) is 0 Å². The standard InChI is InChI=1S/C12H21N3O6S4/c16-9(5(22)7(24)11(18)19)14-3-1-13-2-4-15-10(17)6(23)8(25)12(20)21/h5-8,13,22-25H,1-4H2,(H,14,16)(H,15,17)(H,18,19)(H,20,21). The summed E-state index contributed by atoms with van der Waals surface area (Å²) in [7, 11) is 0. The Bertz CT molecular complexity index is 453. The molecule has 0 spiro atoms. The number of nitrogens with one attached hydrogen (secondary N) is 3. The molecule has 0 fully saturated rings. The van der Waals surface area contributed by atoms with Gasteiger partial charge in [-0.3, -0.25) is 19.2 Å². The van der Waals surface area contributed by atoms with Crippen LogP contribution in [0.1, 0.15) is 0 Å². The van der Waals surface area contributed by atoms with Crippen LogP contribution in [0, 0.1) is 0 Å². The Morgan fingerprint density at radius 3 is 1.24 bits per heavy atom.